The van der Waals surface area contributed by atoms with E-state index < -0.39 is 0 Å². The molecule has 4 rings (SSSR count). The lowest BCUT2D eigenvalue weighted by Gasteiger charge is -2.25. The van der Waals surface area contributed by atoms with Crippen LogP contribution in [-0.2, 0) is 13.5 Å². The number of benzene rings is 2. The lowest BCUT2D eigenvalue weighted by Crippen LogP contribution is -2.35. The number of aromatic nitrogens is 2. The van der Waals surface area contributed by atoms with Crippen LogP contribution in [0.15, 0.2) is 60.7 Å². The molecule has 132 valence electrons. The van der Waals surface area contributed by atoms with Crippen molar-refractivity contribution in [1.29, 1.82) is 0 Å². The molecule has 1 atom stereocenters. The van der Waals surface area contributed by atoms with Gasteiger partial charge in [0.25, 0.3) is 5.91 Å². The number of aryl methyl sites for hydroxylation is 1. The third kappa shape index (κ3) is 3.33. The molecule has 0 bridgehead atoms. The lowest BCUT2D eigenvalue weighted by molar-refractivity contribution is 0.0933. The summed E-state index contributed by atoms with van der Waals surface area (Å²) in [5, 5.41) is 7.36. The molecule has 0 saturated carbocycles. The van der Waals surface area contributed by atoms with E-state index in [2.05, 4.69) is 16.5 Å². The van der Waals surface area contributed by atoms with Crippen molar-refractivity contribution in [3.63, 3.8) is 0 Å². The van der Waals surface area contributed by atoms with E-state index in [1.54, 1.807) is 4.68 Å². The van der Waals surface area contributed by atoms with Crippen molar-refractivity contribution in [3.8, 4) is 17.0 Å². The summed E-state index contributed by atoms with van der Waals surface area (Å²) in [5.41, 5.74) is 3.59. The van der Waals surface area contributed by atoms with E-state index >= 15 is 0 Å². The van der Waals surface area contributed by atoms with Crippen LogP contribution in [0, 0.1) is 5.92 Å². The molecular weight excluding hydrogens is 326 g/mol. The molecule has 1 aliphatic heterocycles. The molecule has 0 spiro atoms. The van der Waals surface area contributed by atoms with Crippen molar-refractivity contribution in [3.05, 3.63) is 71.9 Å². The van der Waals surface area contributed by atoms with E-state index in [9.17, 15) is 4.79 Å². The Balaban J connectivity index is 1.40. The highest BCUT2D eigenvalue weighted by Gasteiger charge is 2.21. The fourth-order valence-corrected chi connectivity index (χ4v) is 3.31. The zero-order valence-corrected chi connectivity index (χ0v) is 14.7. The van der Waals surface area contributed by atoms with Gasteiger partial charge in [0.2, 0.25) is 0 Å². The first-order valence-corrected chi connectivity index (χ1v) is 8.79. The first kappa shape index (κ1) is 16.4. The van der Waals surface area contributed by atoms with Gasteiger partial charge >= 0.3 is 0 Å². The fraction of sp³-hybridized carbons (Fsp3) is 0.238. The minimum Gasteiger partial charge on any atom is -0.493 e. The molecule has 2 aromatic carbocycles. The van der Waals surface area contributed by atoms with Gasteiger partial charge in [-0.05, 0) is 29.7 Å². The smallest absolute Gasteiger partial charge is 0.271 e. The standard InChI is InChI=1S/C21H21N3O2/c1-24-19(16-7-3-2-4-8-16)12-18(23-24)21(25)22-13-15-11-17-9-5-6-10-20(17)26-14-15/h2-10,12,15H,11,13-14H2,1H3,(H,22,25)/t15-/m1/s1. The highest BCUT2D eigenvalue weighted by atomic mass is 16.5. The van der Waals surface area contributed by atoms with Crippen LogP contribution in [-0.4, -0.2) is 28.8 Å². The Labute approximate surface area is 152 Å². The van der Waals surface area contributed by atoms with Crippen molar-refractivity contribution < 1.29 is 9.53 Å². The molecule has 0 aliphatic carbocycles. The summed E-state index contributed by atoms with van der Waals surface area (Å²) < 4.78 is 7.52. The second-order valence-electron chi connectivity index (χ2n) is 6.60. The zero-order chi connectivity index (χ0) is 17.9. The molecule has 2 heterocycles. The van der Waals surface area contributed by atoms with Gasteiger partial charge in [-0.1, -0.05) is 48.5 Å². The Morgan fingerprint density at radius 2 is 1.96 bits per heavy atom. The summed E-state index contributed by atoms with van der Waals surface area (Å²) in [5.74, 6) is 1.07. The molecule has 1 aromatic heterocycles. The fourth-order valence-electron chi connectivity index (χ4n) is 3.31. The van der Waals surface area contributed by atoms with E-state index in [0.29, 0.717) is 18.8 Å². The van der Waals surface area contributed by atoms with Gasteiger partial charge in [-0.25, -0.2) is 0 Å². The van der Waals surface area contributed by atoms with Gasteiger partial charge in [0.15, 0.2) is 5.69 Å². The van der Waals surface area contributed by atoms with Crippen molar-refractivity contribution in [2.24, 2.45) is 13.0 Å². The Hall–Kier alpha value is -3.08. The van der Waals surface area contributed by atoms with Gasteiger partial charge in [-0.3, -0.25) is 9.48 Å². The lowest BCUT2D eigenvalue weighted by atomic mass is 9.97. The molecule has 26 heavy (non-hydrogen) atoms. The van der Waals surface area contributed by atoms with Crippen molar-refractivity contribution >= 4 is 5.91 Å². The second kappa shape index (κ2) is 7.04. The molecular formula is C21H21N3O2. The highest BCUT2D eigenvalue weighted by molar-refractivity contribution is 5.93. The van der Waals surface area contributed by atoms with Gasteiger partial charge in [-0.15, -0.1) is 0 Å². The van der Waals surface area contributed by atoms with E-state index in [1.807, 2.05) is 61.6 Å². The average Bonchev–Trinajstić information content (AvgIpc) is 3.08. The largest absolute Gasteiger partial charge is 0.493 e. The van der Waals surface area contributed by atoms with E-state index in [-0.39, 0.29) is 11.8 Å². The van der Waals surface area contributed by atoms with Gasteiger partial charge in [0, 0.05) is 19.5 Å². The number of amides is 1. The van der Waals surface area contributed by atoms with Crippen LogP contribution in [0.5, 0.6) is 5.75 Å². The minimum absolute atomic E-state index is 0.151. The van der Waals surface area contributed by atoms with Crippen molar-refractivity contribution in [2.75, 3.05) is 13.2 Å². The normalized spacial score (nSPS) is 15.8. The number of fused-ring (bicyclic) bond motifs is 1. The molecule has 0 saturated heterocycles. The molecule has 0 unspecified atom stereocenters. The van der Waals surface area contributed by atoms with Crippen molar-refractivity contribution in [2.45, 2.75) is 6.42 Å². The molecule has 0 fully saturated rings. The summed E-state index contributed by atoms with van der Waals surface area (Å²) in [6.07, 6.45) is 0.911. The van der Waals surface area contributed by atoms with E-state index in [1.165, 1.54) is 5.56 Å². The number of nitrogens with one attached hydrogen (secondary N) is 1. The van der Waals surface area contributed by atoms with Crippen LogP contribution in [0.25, 0.3) is 11.3 Å². The molecule has 1 aliphatic rings. The third-order valence-corrected chi connectivity index (χ3v) is 4.69. The first-order chi connectivity index (χ1) is 12.7. The molecule has 5 nitrogen and oxygen atoms in total. The molecule has 1 N–H and O–H groups in total. The zero-order valence-electron chi connectivity index (χ0n) is 14.7. The Kier molecular flexibility index (Phi) is 4.44. The predicted octanol–water partition coefficient (Wildman–Crippen LogP) is 3.07. The van der Waals surface area contributed by atoms with Crippen molar-refractivity contribution in [1.82, 2.24) is 15.1 Å². The van der Waals surface area contributed by atoms with Crippen LogP contribution >= 0.6 is 0 Å². The summed E-state index contributed by atoms with van der Waals surface area (Å²) in [6, 6.07) is 19.8. The molecule has 5 heteroatoms. The van der Waals surface area contributed by atoms with Gasteiger partial charge in [0.05, 0.1) is 12.3 Å². The Morgan fingerprint density at radius 3 is 2.81 bits per heavy atom. The Morgan fingerprint density at radius 1 is 1.19 bits per heavy atom. The SMILES string of the molecule is Cn1nc(C(=O)NC[C@@H]2COc3ccccc3C2)cc1-c1ccccc1. The number of hydrogen-bond donors (Lipinski definition) is 1. The maximum Gasteiger partial charge on any atom is 0.271 e. The first-order valence-electron chi connectivity index (χ1n) is 8.79. The quantitative estimate of drug-likeness (QED) is 0.789. The monoisotopic (exact) mass is 347 g/mol. The van der Waals surface area contributed by atoms with Crippen LogP contribution in [0.1, 0.15) is 16.1 Å². The molecule has 1 amide bonds. The van der Waals surface area contributed by atoms with Gasteiger partial charge in [-0.2, -0.15) is 5.10 Å². The number of carbonyl (C=O) groups is 1. The summed E-state index contributed by atoms with van der Waals surface area (Å²) in [4.78, 5) is 12.5. The van der Waals surface area contributed by atoms with Gasteiger partial charge in [0.1, 0.15) is 5.75 Å². The van der Waals surface area contributed by atoms with Gasteiger partial charge < -0.3 is 10.1 Å². The predicted molar refractivity (Wildman–Crippen MR) is 100 cm³/mol. The second-order valence-corrected chi connectivity index (χ2v) is 6.60. The van der Waals surface area contributed by atoms with Crippen LogP contribution < -0.4 is 10.1 Å². The molecule has 3 aromatic rings. The van der Waals surface area contributed by atoms with Crippen LogP contribution in [0.4, 0.5) is 0 Å². The maximum atomic E-state index is 12.5. The van der Waals surface area contributed by atoms with E-state index in [4.69, 9.17) is 4.74 Å². The maximum absolute atomic E-state index is 12.5. The third-order valence-electron chi connectivity index (χ3n) is 4.69. The van der Waals surface area contributed by atoms with Crippen LogP contribution in [0.2, 0.25) is 0 Å². The number of nitrogens with zero attached hydrogens (tertiary/aromatic N) is 2. The molecule has 0 radical (unpaired) electrons. The van der Waals surface area contributed by atoms with Crippen LogP contribution in [0.3, 0.4) is 0 Å². The minimum atomic E-state index is -0.151. The summed E-state index contributed by atoms with van der Waals surface area (Å²) in [6.45, 7) is 1.19. The number of rotatable bonds is 4. The average molecular weight is 347 g/mol. The Bertz CT molecular complexity index is 918. The highest BCUT2D eigenvalue weighted by Crippen LogP contribution is 2.26. The number of ether oxygens (including phenoxy) is 1. The van der Waals surface area contributed by atoms with E-state index in [0.717, 1.165) is 23.4 Å². The topological polar surface area (TPSA) is 56.2 Å². The summed E-state index contributed by atoms with van der Waals surface area (Å²) in [7, 11) is 1.85. The number of hydrogen-bond acceptors (Lipinski definition) is 3. The summed E-state index contributed by atoms with van der Waals surface area (Å²) >= 11 is 0. The number of para-hydroxylation sites is 1. The number of carbonyl (C=O) groups excluding carboxylic acids is 1.